The van der Waals surface area contributed by atoms with E-state index in [2.05, 4.69) is 70.5 Å². The van der Waals surface area contributed by atoms with Gasteiger partial charge in [-0.15, -0.1) is 0 Å². The number of nitrogens with zero attached hydrogens (tertiary/aromatic N) is 1. The van der Waals surface area contributed by atoms with Crippen molar-refractivity contribution in [2.45, 2.75) is 111 Å². The normalized spacial score (nSPS) is 35.4. The molecule has 3 nitrogen and oxygen atoms in total. The molecule has 4 saturated carbocycles. The second-order valence-corrected chi connectivity index (χ2v) is 16.0. The number of quaternary nitrogens is 1. The van der Waals surface area contributed by atoms with Gasteiger partial charge in [-0.05, 0) is 110 Å². The van der Waals surface area contributed by atoms with Gasteiger partial charge in [-0.3, -0.25) is 4.79 Å². The summed E-state index contributed by atoms with van der Waals surface area (Å²) in [6.45, 7) is 10.9. The van der Waals surface area contributed by atoms with Crippen LogP contribution in [-0.4, -0.2) is 44.1 Å². The molecule has 0 aliphatic heterocycles. The van der Waals surface area contributed by atoms with Gasteiger partial charge in [-0.2, -0.15) is 0 Å². The number of nitrogens with one attached hydrogen (secondary N) is 1. The number of hydrogen-bond acceptors (Lipinski definition) is 1. The SMILES string of the molecule is C[C@H](CCC(=O)NCCC[N+](C)(C)CCc1ccccc1)[C@H]1CC[C@H]2[C@@H]3CCC4CCCC[C@]4(C)[C@H]3CC[C@]12C.[Br-]. The van der Waals surface area contributed by atoms with Gasteiger partial charge in [0.15, 0.2) is 0 Å². The molecule has 0 heterocycles. The van der Waals surface area contributed by atoms with E-state index in [1.165, 1.54) is 69.8 Å². The van der Waals surface area contributed by atoms with Crippen molar-refractivity contribution in [3.8, 4) is 0 Å². The van der Waals surface area contributed by atoms with Gasteiger partial charge in [0.1, 0.15) is 0 Å². The van der Waals surface area contributed by atoms with Crippen LogP contribution in [0.2, 0.25) is 0 Å². The van der Waals surface area contributed by atoms with Gasteiger partial charge >= 0.3 is 0 Å². The second kappa shape index (κ2) is 13.8. The van der Waals surface area contributed by atoms with Crippen molar-refractivity contribution in [3.05, 3.63) is 35.9 Å². The Morgan fingerprint density at radius 2 is 1.68 bits per heavy atom. The molecule has 5 rings (SSSR count). The minimum atomic E-state index is 0. The van der Waals surface area contributed by atoms with E-state index in [-0.39, 0.29) is 22.9 Å². The summed E-state index contributed by atoms with van der Waals surface area (Å²) in [6, 6.07) is 10.8. The molecule has 0 saturated heterocycles. The highest BCUT2D eigenvalue weighted by Crippen LogP contribution is 2.68. The van der Waals surface area contributed by atoms with Crippen molar-refractivity contribution in [2.24, 2.45) is 46.3 Å². The Labute approximate surface area is 263 Å². The summed E-state index contributed by atoms with van der Waals surface area (Å²) in [6.07, 6.45) is 18.7. The summed E-state index contributed by atoms with van der Waals surface area (Å²) in [5, 5.41) is 3.26. The summed E-state index contributed by atoms with van der Waals surface area (Å²) >= 11 is 0. The first-order valence-corrected chi connectivity index (χ1v) is 17.2. The van der Waals surface area contributed by atoms with Crippen molar-refractivity contribution in [1.29, 1.82) is 0 Å². The Morgan fingerprint density at radius 3 is 2.46 bits per heavy atom. The summed E-state index contributed by atoms with van der Waals surface area (Å²) < 4.78 is 1.00. The predicted octanol–water partition coefficient (Wildman–Crippen LogP) is 5.28. The smallest absolute Gasteiger partial charge is 0.220 e. The fourth-order valence-electron chi connectivity index (χ4n) is 10.8. The number of carbonyl (C=O) groups is 1. The maximum absolute atomic E-state index is 12.8. The van der Waals surface area contributed by atoms with E-state index < -0.39 is 0 Å². The quantitative estimate of drug-likeness (QED) is 0.262. The molecule has 4 heteroatoms. The lowest BCUT2D eigenvalue weighted by molar-refractivity contribution is -0.890. The largest absolute Gasteiger partial charge is 1.00 e. The highest BCUT2D eigenvalue weighted by Gasteiger charge is 2.60. The highest BCUT2D eigenvalue weighted by atomic mass is 79.9. The molecule has 1 aromatic carbocycles. The highest BCUT2D eigenvalue weighted by molar-refractivity contribution is 5.75. The number of amides is 1. The Bertz CT molecular complexity index is 980. The Balaban J connectivity index is 0.00000387. The number of benzene rings is 1. The van der Waals surface area contributed by atoms with Gasteiger partial charge in [-0.1, -0.05) is 63.9 Å². The number of fused-ring (bicyclic) bond motifs is 5. The summed E-state index contributed by atoms with van der Waals surface area (Å²) in [7, 11) is 4.63. The van der Waals surface area contributed by atoms with Crippen LogP contribution in [0.5, 0.6) is 0 Å². The average molecular weight is 630 g/mol. The van der Waals surface area contributed by atoms with Crippen LogP contribution in [0, 0.1) is 46.3 Å². The van der Waals surface area contributed by atoms with Gasteiger partial charge in [-0.25, -0.2) is 0 Å². The van der Waals surface area contributed by atoms with Gasteiger partial charge < -0.3 is 26.8 Å². The molecule has 0 aromatic heterocycles. The zero-order valence-electron chi connectivity index (χ0n) is 27.1. The molecule has 4 fully saturated rings. The first-order valence-electron chi connectivity index (χ1n) is 17.2. The van der Waals surface area contributed by atoms with Crippen LogP contribution in [0.3, 0.4) is 0 Å². The summed E-state index contributed by atoms with van der Waals surface area (Å²) in [5.41, 5.74) is 2.57. The van der Waals surface area contributed by atoms with Gasteiger partial charge in [0.05, 0.1) is 27.2 Å². The molecule has 1 N–H and O–H groups in total. The van der Waals surface area contributed by atoms with Crippen LogP contribution in [-0.2, 0) is 11.2 Å². The fraction of sp³-hybridized carbons (Fsp3) is 0.811. The molecule has 0 bridgehead atoms. The van der Waals surface area contributed by atoms with Crippen LogP contribution in [0.15, 0.2) is 30.3 Å². The number of rotatable bonds is 11. The Morgan fingerprint density at radius 1 is 0.927 bits per heavy atom. The van der Waals surface area contributed by atoms with Crippen LogP contribution < -0.4 is 22.3 Å². The van der Waals surface area contributed by atoms with E-state index >= 15 is 0 Å². The first kappa shape index (κ1) is 33.0. The van der Waals surface area contributed by atoms with Crippen molar-refractivity contribution < 1.29 is 26.3 Å². The zero-order chi connectivity index (χ0) is 28.4. The Kier molecular flexibility index (Phi) is 11.1. The molecule has 4 aliphatic carbocycles. The lowest BCUT2D eigenvalue weighted by Crippen LogP contribution is -3.00. The fourth-order valence-corrected chi connectivity index (χ4v) is 10.8. The van der Waals surface area contributed by atoms with Crippen LogP contribution in [0.25, 0.3) is 0 Å². The third-order valence-electron chi connectivity index (χ3n) is 13.3. The Hall–Kier alpha value is -0.870. The topological polar surface area (TPSA) is 29.1 Å². The molecule has 1 amide bonds. The van der Waals surface area contributed by atoms with Crippen LogP contribution >= 0.6 is 0 Å². The van der Waals surface area contributed by atoms with Gasteiger partial charge in [0, 0.05) is 25.8 Å². The first-order chi connectivity index (χ1) is 19.1. The van der Waals surface area contributed by atoms with Crippen molar-refractivity contribution in [1.82, 2.24) is 5.32 Å². The lowest BCUT2D eigenvalue weighted by atomic mass is 9.44. The number of halogens is 1. The van der Waals surface area contributed by atoms with E-state index in [0.29, 0.717) is 23.2 Å². The molecular weight excluding hydrogens is 568 g/mol. The minimum absolute atomic E-state index is 0. The molecule has 4 aliphatic rings. The van der Waals surface area contributed by atoms with E-state index in [4.69, 9.17) is 0 Å². The molecule has 0 spiro atoms. The maximum Gasteiger partial charge on any atom is 0.220 e. The zero-order valence-corrected chi connectivity index (χ0v) is 28.7. The van der Waals surface area contributed by atoms with Crippen molar-refractivity contribution in [2.75, 3.05) is 33.7 Å². The van der Waals surface area contributed by atoms with E-state index in [0.717, 1.165) is 73.0 Å². The molecule has 1 unspecified atom stereocenters. The molecule has 41 heavy (non-hydrogen) atoms. The second-order valence-electron chi connectivity index (χ2n) is 16.0. The lowest BCUT2D eigenvalue weighted by Gasteiger charge is -2.61. The number of likely N-dealkylation sites (N-methyl/N-ethyl adjacent to an activating group) is 1. The van der Waals surface area contributed by atoms with E-state index in [1.54, 1.807) is 0 Å². The minimum Gasteiger partial charge on any atom is -1.00 e. The number of carbonyl (C=O) groups excluding carboxylic acids is 1. The molecular formula is C37H61BrN2O. The summed E-state index contributed by atoms with van der Waals surface area (Å²) in [4.78, 5) is 12.8. The third-order valence-corrected chi connectivity index (χ3v) is 13.3. The standard InChI is InChI=1S/C37H60N2O.BrH/c1-28(15-20-35(40)38-25-11-26-39(4,5)27-22-29-12-7-6-8-13-29)32-18-19-33-31-17-16-30-14-9-10-23-36(30,2)34(31)21-24-37(32,33)3;/h6-8,12-13,28,30-34H,9-11,14-27H2,1-5H3;1H/t28-,30?,31+,32-,33+,34+,36+,37-;/m1./s1. The average Bonchev–Trinajstić information content (AvgIpc) is 3.30. The van der Waals surface area contributed by atoms with E-state index in [9.17, 15) is 4.79 Å². The monoisotopic (exact) mass is 628 g/mol. The van der Waals surface area contributed by atoms with Crippen molar-refractivity contribution >= 4 is 5.91 Å². The van der Waals surface area contributed by atoms with E-state index in [1.807, 2.05) is 0 Å². The number of hydrogen-bond donors (Lipinski definition) is 1. The van der Waals surface area contributed by atoms with Crippen LogP contribution in [0.1, 0.15) is 110 Å². The van der Waals surface area contributed by atoms with Gasteiger partial charge in [0.2, 0.25) is 5.91 Å². The van der Waals surface area contributed by atoms with Crippen LogP contribution in [0.4, 0.5) is 0 Å². The molecule has 8 atom stereocenters. The molecule has 1 aromatic rings. The van der Waals surface area contributed by atoms with Gasteiger partial charge in [0.25, 0.3) is 0 Å². The van der Waals surface area contributed by atoms with Crippen molar-refractivity contribution in [3.63, 3.8) is 0 Å². The third kappa shape index (κ3) is 7.27. The molecule has 0 radical (unpaired) electrons. The maximum atomic E-state index is 12.8. The predicted molar refractivity (Wildman–Crippen MR) is 168 cm³/mol. The molecule has 232 valence electrons. The summed E-state index contributed by atoms with van der Waals surface area (Å²) in [5.74, 6) is 5.67.